The second-order valence-electron chi connectivity index (χ2n) is 16.7. The first-order chi connectivity index (χ1) is 25.5. The van der Waals surface area contributed by atoms with Crippen molar-refractivity contribution in [3.63, 3.8) is 0 Å². The molecule has 2 aliphatic heterocycles. The molecule has 5 rings (SSSR count). The van der Waals surface area contributed by atoms with Gasteiger partial charge >= 0.3 is 12.1 Å². The van der Waals surface area contributed by atoms with Crippen LogP contribution in [0.1, 0.15) is 105 Å². The molecular weight excluding hydrogens is 688 g/mol. The molecule has 5 atom stereocenters. The number of likely N-dealkylation sites (tertiary alicyclic amines) is 2. The number of carbonyl (C=O) groups is 5. The minimum absolute atomic E-state index is 0.0759. The molecule has 2 aromatic rings. The molecule has 0 saturated carbocycles. The Morgan fingerprint density at radius 3 is 1.89 bits per heavy atom. The maximum atomic E-state index is 14.2. The SMILES string of the molecule is CC[C@H](C)[C@H](NC(=O)[C@@H]1CCCN1C(=O)[C@H](COC(C)(C)C)NC(=O)OCC1c2ccccc2-c2ccccc21)C(=O)N1CCC[C@H]1C(=O)OC(C)(C)C. The highest BCUT2D eigenvalue weighted by Crippen LogP contribution is 2.44. The average Bonchev–Trinajstić information content (AvgIpc) is 3.88. The largest absolute Gasteiger partial charge is 0.458 e. The van der Waals surface area contributed by atoms with Crippen molar-refractivity contribution >= 4 is 29.8 Å². The van der Waals surface area contributed by atoms with E-state index < -0.39 is 59.2 Å². The highest BCUT2D eigenvalue weighted by atomic mass is 16.6. The molecule has 294 valence electrons. The number of amides is 4. The van der Waals surface area contributed by atoms with Crippen molar-refractivity contribution in [1.82, 2.24) is 20.4 Å². The third-order valence-corrected chi connectivity index (χ3v) is 10.4. The van der Waals surface area contributed by atoms with Gasteiger partial charge in [-0.1, -0.05) is 68.8 Å². The molecule has 2 fully saturated rings. The van der Waals surface area contributed by atoms with Crippen molar-refractivity contribution < 1.29 is 38.2 Å². The Labute approximate surface area is 319 Å². The molecule has 0 radical (unpaired) electrons. The number of hydrogen-bond acceptors (Lipinski definition) is 8. The number of esters is 1. The summed E-state index contributed by atoms with van der Waals surface area (Å²) in [5, 5.41) is 5.70. The van der Waals surface area contributed by atoms with Crippen LogP contribution in [-0.2, 0) is 33.4 Å². The maximum Gasteiger partial charge on any atom is 0.407 e. The number of rotatable bonds is 12. The fourth-order valence-electron chi connectivity index (χ4n) is 7.55. The van der Waals surface area contributed by atoms with Gasteiger partial charge in [0.1, 0.15) is 36.4 Å². The Kier molecular flexibility index (Phi) is 12.8. The van der Waals surface area contributed by atoms with Crippen LogP contribution in [0, 0.1) is 5.92 Å². The van der Waals surface area contributed by atoms with E-state index in [0.29, 0.717) is 45.2 Å². The summed E-state index contributed by atoms with van der Waals surface area (Å²) < 4.78 is 17.4. The van der Waals surface area contributed by atoms with Crippen LogP contribution in [0.25, 0.3) is 11.1 Å². The third kappa shape index (κ3) is 9.61. The smallest absolute Gasteiger partial charge is 0.407 e. The Morgan fingerprint density at radius 1 is 0.778 bits per heavy atom. The summed E-state index contributed by atoms with van der Waals surface area (Å²) in [5.41, 5.74) is 3.04. The van der Waals surface area contributed by atoms with E-state index in [1.165, 1.54) is 9.80 Å². The topological polar surface area (TPSA) is 144 Å². The van der Waals surface area contributed by atoms with Gasteiger partial charge in [0.05, 0.1) is 12.2 Å². The van der Waals surface area contributed by atoms with Crippen LogP contribution in [0.3, 0.4) is 0 Å². The molecule has 1 aliphatic carbocycles. The number of nitrogens with zero attached hydrogens (tertiary/aromatic N) is 2. The number of alkyl carbamates (subject to hydrolysis) is 1. The van der Waals surface area contributed by atoms with E-state index in [2.05, 4.69) is 22.8 Å². The molecule has 0 aromatic heterocycles. The molecule has 2 N–H and O–H groups in total. The van der Waals surface area contributed by atoms with Crippen LogP contribution < -0.4 is 10.6 Å². The second-order valence-corrected chi connectivity index (χ2v) is 16.7. The lowest BCUT2D eigenvalue weighted by Gasteiger charge is -2.34. The Morgan fingerprint density at radius 2 is 1.33 bits per heavy atom. The van der Waals surface area contributed by atoms with Gasteiger partial charge in [0.15, 0.2) is 0 Å². The molecule has 0 bridgehead atoms. The Hall–Kier alpha value is -4.45. The summed E-state index contributed by atoms with van der Waals surface area (Å²) in [4.78, 5) is 71.7. The number of ether oxygens (including phenoxy) is 3. The van der Waals surface area contributed by atoms with Gasteiger partial charge in [-0.2, -0.15) is 0 Å². The fourth-order valence-corrected chi connectivity index (χ4v) is 7.55. The van der Waals surface area contributed by atoms with E-state index >= 15 is 0 Å². The maximum absolute atomic E-state index is 14.2. The van der Waals surface area contributed by atoms with Gasteiger partial charge in [-0.15, -0.1) is 0 Å². The van der Waals surface area contributed by atoms with Crippen LogP contribution in [0.5, 0.6) is 0 Å². The molecule has 0 spiro atoms. The average molecular weight is 747 g/mol. The van der Waals surface area contributed by atoms with Crippen molar-refractivity contribution in [2.24, 2.45) is 5.92 Å². The van der Waals surface area contributed by atoms with E-state index in [1.54, 1.807) is 20.8 Å². The first-order valence-corrected chi connectivity index (χ1v) is 19.4. The summed E-state index contributed by atoms with van der Waals surface area (Å²) in [7, 11) is 0. The molecule has 2 heterocycles. The number of nitrogens with one attached hydrogen (secondary N) is 2. The van der Waals surface area contributed by atoms with Gasteiger partial charge in [-0.05, 0) is 95.4 Å². The highest BCUT2D eigenvalue weighted by molar-refractivity contribution is 5.95. The molecule has 0 unspecified atom stereocenters. The lowest BCUT2D eigenvalue weighted by atomic mass is 9.96. The van der Waals surface area contributed by atoms with E-state index in [1.807, 2.05) is 71.0 Å². The number of hydrogen-bond donors (Lipinski definition) is 2. The van der Waals surface area contributed by atoms with Crippen molar-refractivity contribution in [3.8, 4) is 11.1 Å². The van der Waals surface area contributed by atoms with Gasteiger partial charge in [0.2, 0.25) is 17.7 Å². The lowest BCUT2D eigenvalue weighted by molar-refractivity contribution is -0.164. The third-order valence-electron chi connectivity index (χ3n) is 10.4. The monoisotopic (exact) mass is 746 g/mol. The first-order valence-electron chi connectivity index (χ1n) is 19.4. The molecule has 12 nitrogen and oxygen atoms in total. The molecule has 54 heavy (non-hydrogen) atoms. The van der Waals surface area contributed by atoms with Crippen LogP contribution >= 0.6 is 0 Å². The molecule has 2 aromatic carbocycles. The first kappa shape index (κ1) is 40.7. The summed E-state index contributed by atoms with van der Waals surface area (Å²) in [5.74, 6) is -2.12. The van der Waals surface area contributed by atoms with Crippen molar-refractivity contribution in [1.29, 1.82) is 0 Å². The van der Waals surface area contributed by atoms with Crippen LogP contribution in [0.15, 0.2) is 48.5 Å². The van der Waals surface area contributed by atoms with Crippen molar-refractivity contribution in [3.05, 3.63) is 59.7 Å². The zero-order valence-corrected chi connectivity index (χ0v) is 33.1. The van der Waals surface area contributed by atoms with Crippen LogP contribution in [0.2, 0.25) is 0 Å². The lowest BCUT2D eigenvalue weighted by Crippen LogP contribution is -2.59. The Balaban J connectivity index is 1.27. The zero-order chi connectivity index (χ0) is 39.4. The van der Waals surface area contributed by atoms with E-state index in [9.17, 15) is 24.0 Å². The predicted molar refractivity (Wildman–Crippen MR) is 204 cm³/mol. The molecule has 12 heteroatoms. The fraction of sp³-hybridized carbons (Fsp3) is 0.595. The number of fused-ring (bicyclic) bond motifs is 3. The van der Waals surface area contributed by atoms with Crippen LogP contribution in [-0.4, -0.2) is 101 Å². The number of carbonyl (C=O) groups excluding carboxylic acids is 5. The van der Waals surface area contributed by atoms with Crippen molar-refractivity contribution in [2.75, 3.05) is 26.3 Å². The molecular formula is C42H58N4O8. The standard InChI is InChI=1S/C42H58N4O8/c1-9-26(2)35(38(49)46-23-15-21-34(46)39(50)54-42(6,7)8)44-36(47)33-20-14-22-45(33)37(48)32(25-53-41(3,4)5)43-40(51)52-24-31-29-18-12-10-16-27(29)28-17-11-13-19-30(28)31/h10-13,16-19,26,31-35H,9,14-15,20-25H2,1-8H3,(H,43,51)(H,44,47)/t26-,32-,33-,34-,35-/m0/s1. The normalized spacial score (nSPS) is 20.1. The summed E-state index contributed by atoms with van der Waals surface area (Å²) in [6.07, 6.45) is 1.93. The summed E-state index contributed by atoms with van der Waals surface area (Å²) in [6, 6.07) is 12.5. The number of benzene rings is 2. The van der Waals surface area contributed by atoms with E-state index in [0.717, 1.165) is 22.3 Å². The minimum atomic E-state index is -1.13. The van der Waals surface area contributed by atoms with Gasteiger partial charge in [-0.25, -0.2) is 9.59 Å². The minimum Gasteiger partial charge on any atom is -0.458 e. The van der Waals surface area contributed by atoms with Gasteiger partial charge in [-0.3, -0.25) is 14.4 Å². The Bertz CT molecular complexity index is 1650. The predicted octanol–water partition coefficient (Wildman–Crippen LogP) is 5.56. The van der Waals surface area contributed by atoms with Gasteiger partial charge < -0.3 is 34.6 Å². The van der Waals surface area contributed by atoms with Crippen LogP contribution in [0.4, 0.5) is 4.79 Å². The van der Waals surface area contributed by atoms with Gasteiger partial charge in [0, 0.05) is 19.0 Å². The van der Waals surface area contributed by atoms with Gasteiger partial charge in [0.25, 0.3) is 0 Å². The summed E-state index contributed by atoms with van der Waals surface area (Å²) >= 11 is 0. The zero-order valence-electron chi connectivity index (χ0n) is 33.1. The highest BCUT2D eigenvalue weighted by Gasteiger charge is 2.44. The second kappa shape index (κ2) is 16.9. The van der Waals surface area contributed by atoms with E-state index in [4.69, 9.17) is 14.2 Å². The molecule has 3 aliphatic rings. The molecule has 2 saturated heterocycles. The van der Waals surface area contributed by atoms with E-state index in [-0.39, 0.29) is 31.0 Å². The quantitative estimate of drug-likeness (QED) is 0.269. The summed E-state index contributed by atoms with van der Waals surface area (Å²) in [6.45, 7) is 15.4. The molecule has 4 amide bonds. The van der Waals surface area contributed by atoms with Crippen molar-refractivity contribution in [2.45, 2.75) is 129 Å².